The number of halogens is 4. The van der Waals surface area contributed by atoms with Crippen molar-refractivity contribution in [3.8, 4) is 5.75 Å². The second-order valence-electron chi connectivity index (χ2n) is 2.62. The van der Waals surface area contributed by atoms with Crippen LogP contribution < -0.4 is 4.74 Å². The Morgan fingerprint density at radius 3 is 2.31 bits per heavy atom. The lowest BCUT2D eigenvalue weighted by Gasteiger charge is -2.10. The highest BCUT2D eigenvalue weighted by Crippen LogP contribution is 2.30. The lowest BCUT2D eigenvalue weighted by molar-refractivity contribution is -0.274. The van der Waals surface area contributed by atoms with Crippen molar-refractivity contribution < 1.29 is 26.3 Å². The van der Waals surface area contributed by atoms with Gasteiger partial charge in [0.1, 0.15) is 5.75 Å². The second-order valence-corrected chi connectivity index (χ2v) is 5.63. The number of thiol groups is 1. The Kier molecular flexibility index (Phi) is 3.65. The van der Waals surface area contributed by atoms with E-state index in [-0.39, 0.29) is 4.90 Å². The fourth-order valence-corrected chi connectivity index (χ4v) is 2.51. The molecule has 0 aliphatic carbocycles. The molecule has 0 aliphatic heterocycles. The second kappa shape index (κ2) is 4.34. The van der Waals surface area contributed by atoms with Crippen molar-refractivity contribution in [1.82, 2.24) is 0 Å². The lowest BCUT2D eigenvalue weighted by atomic mass is 10.3. The van der Waals surface area contributed by atoms with E-state index in [1.54, 1.807) is 0 Å². The van der Waals surface area contributed by atoms with E-state index in [4.69, 9.17) is 10.7 Å². The molecule has 0 amide bonds. The van der Waals surface area contributed by atoms with Crippen LogP contribution in [-0.4, -0.2) is 14.8 Å². The molecule has 0 saturated carbocycles. The molecule has 3 nitrogen and oxygen atoms in total. The molecule has 0 atom stereocenters. The van der Waals surface area contributed by atoms with Gasteiger partial charge >= 0.3 is 6.36 Å². The standard InChI is InChI=1S/C7H4ClF3O3S2/c8-16(12,13)6-3-4(1-2-5(6)15)14-7(9,10)11/h1-3,15H. The summed E-state index contributed by atoms with van der Waals surface area (Å²) in [6, 6.07) is 2.62. The highest BCUT2D eigenvalue weighted by Gasteiger charge is 2.31. The molecule has 0 heterocycles. The average Bonchev–Trinajstić information content (AvgIpc) is 2.04. The summed E-state index contributed by atoms with van der Waals surface area (Å²) < 4.78 is 61.0. The van der Waals surface area contributed by atoms with E-state index in [1.165, 1.54) is 0 Å². The molecule has 16 heavy (non-hydrogen) atoms. The molecule has 0 aliphatic rings. The van der Waals surface area contributed by atoms with Gasteiger partial charge in [-0.15, -0.1) is 25.8 Å². The van der Waals surface area contributed by atoms with Crippen LogP contribution in [0.1, 0.15) is 0 Å². The van der Waals surface area contributed by atoms with Crippen molar-refractivity contribution in [2.45, 2.75) is 16.2 Å². The van der Waals surface area contributed by atoms with Gasteiger partial charge in [0.25, 0.3) is 9.05 Å². The zero-order valence-corrected chi connectivity index (χ0v) is 9.79. The predicted molar refractivity (Wildman–Crippen MR) is 53.4 cm³/mol. The highest BCUT2D eigenvalue weighted by molar-refractivity contribution is 8.14. The molecule has 1 aromatic carbocycles. The molecule has 1 rings (SSSR count). The molecular formula is C7H4ClF3O3S2. The van der Waals surface area contributed by atoms with E-state index in [0.717, 1.165) is 12.1 Å². The van der Waals surface area contributed by atoms with Crippen molar-refractivity contribution in [3.05, 3.63) is 18.2 Å². The minimum absolute atomic E-state index is 0.0653. The van der Waals surface area contributed by atoms with Gasteiger partial charge in [0, 0.05) is 21.6 Å². The monoisotopic (exact) mass is 292 g/mol. The number of ether oxygens (including phenoxy) is 1. The molecule has 0 N–H and O–H groups in total. The van der Waals surface area contributed by atoms with Gasteiger partial charge < -0.3 is 4.74 Å². The number of alkyl halides is 3. The van der Waals surface area contributed by atoms with Crippen molar-refractivity contribution in [1.29, 1.82) is 0 Å². The number of rotatable bonds is 2. The molecule has 1 aromatic rings. The van der Waals surface area contributed by atoms with Gasteiger partial charge in [-0.25, -0.2) is 8.42 Å². The molecular weight excluding hydrogens is 289 g/mol. The van der Waals surface area contributed by atoms with Crippen LogP contribution in [-0.2, 0) is 9.05 Å². The Morgan fingerprint density at radius 2 is 1.88 bits per heavy atom. The van der Waals surface area contributed by atoms with Gasteiger partial charge in [-0.05, 0) is 12.1 Å². The minimum Gasteiger partial charge on any atom is -0.406 e. The smallest absolute Gasteiger partial charge is 0.406 e. The molecule has 0 bridgehead atoms. The van der Waals surface area contributed by atoms with Gasteiger partial charge in [0.05, 0.1) is 4.90 Å². The van der Waals surface area contributed by atoms with Crippen LogP contribution in [0.25, 0.3) is 0 Å². The Labute approximate surface area is 99.0 Å². The summed E-state index contributed by atoms with van der Waals surface area (Å²) in [6.45, 7) is 0. The van der Waals surface area contributed by atoms with Crippen LogP contribution in [0.2, 0.25) is 0 Å². The third-order valence-corrected chi connectivity index (χ3v) is 3.33. The first kappa shape index (κ1) is 13.5. The summed E-state index contributed by atoms with van der Waals surface area (Å²) in [5, 5.41) is 0. The zero-order chi connectivity index (χ0) is 12.6. The summed E-state index contributed by atoms with van der Waals surface area (Å²) in [4.78, 5) is -0.608. The fourth-order valence-electron chi connectivity index (χ4n) is 0.887. The van der Waals surface area contributed by atoms with Crippen molar-refractivity contribution in [2.75, 3.05) is 0 Å². The van der Waals surface area contributed by atoms with Crippen LogP contribution >= 0.6 is 23.3 Å². The third-order valence-electron chi connectivity index (χ3n) is 1.43. The summed E-state index contributed by atoms with van der Waals surface area (Å²) in [5.74, 6) is -0.676. The van der Waals surface area contributed by atoms with Gasteiger partial charge in [0.2, 0.25) is 0 Å². The molecule has 0 unspecified atom stereocenters. The van der Waals surface area contributed by atoms with Crippen molar-refractivity contribution in [3.63, 3.8) is 0 Å². The first-order valence-electron chi connectivity index (χ1n) is 3.63. The third kappa shape index (κ3) is 3.76. The Hall–Kier alpha value is -0.600. The van der Waals surface area contributed by atoms with Crippen LogP contribution in [0.5, 0.6) is 5.75 Å². The SMILES string of the molecule is O=S(=O)(Cl)c1cc(OC(F)(F)F)ccc1S. The van der Waals surface area contributed by atoms with E-state index in [2.05, 4.69) is 17.4 Å². The first-order valence-corrected chi connectivity index (χ1v) is 6.39. The maximum absolute atomic E-state index is 11.8. The Morgan fingerprint density at radius 1 is 1.31 bits per heavy atom. The largest absolute Gasteiger partial charge is 0.573 e. The normalized spacial score (nSPS) is 12.6. The van der Waals surface area contributed by atoms with Gasteiger partial charge in [-0.2, -0.15) is 0 Å². The Bertz CT molecular complexity index is 498. The van der Waals surface area contributed by atoms with Crippen LogP contribution in [0, 0.1) is 0 Å². The quantitative estimate of drug-likeness (QED) is 0.673. The van der Waals surface area contributed by atoms with Crippen LogP contribution in [0.3, 0.4) is 0 Å². The van der Waals surface area contributed by atoms with E-state index >= 15 is 0 Å². The molecule has 0 spiro atoms. The molecule has 0 aromatic heterocycles. The highest BCUT2D eigenvalue weighted by atomic mass is 35.7. The topological polar surface area (TPSA) is 43.4 Å². The molecule has 0 saturated heterocycles. The van der Waals surface area contributed by atoms with Gasteiger partial charge in [-0.3, -0.25) is 0 Å². The van der Waals surface area contributed by atoms with E-state index in [0.29, 0.717) is 6.07 Å². The lowest BCUT2D eigenvalue weighted by Crippen LogP contribution is -2.17. The molecule has 9 heteroatoms. The van der Waals surface area contributed by atoms with Crippen molar-refractivity contribution in [2.24, 2.45) is 0 Å². The number of benzene rings is 1. The van der Waals surface area contributed by atoms with Crippen LogP contribution in [0.4, 0.5) is 13.2 Å². The summed E-state index contributed by atoms with van der Waals surface area (Å²) in [5.41, 5.74) is 0. The first-order chi connectivity index (χ1) is 7.09. The minimum atomic E-state index is -4.90. The number of hydrogen-bond donors (Lipinski definition) is 1. The van der Waals surface area contributed by atoms with Crippen LogP contribution in [0.15, 0.2) is 28.0 Å². The molecule has 0 fully saturated rings. The number of hydrogen-bond acceptors (Lipinski definition) is 4. The van der Waals surface area contributed by atoms with Gasteiger partial charge in [0.15, 0.2) is 0 Å². The maximum Gasteiger partial charge on any atom is 0.573 e. The summed E-state index contributed by atoms with van der Waals surface area (Å²) in [6.07, 6.45) is -4.90. The fraction of sp³-hybridized carbons (Fsp3) is 0.143. The summed E-state index contributed by atoms with van der Waals surface area (Å²) >= 11 is 3.75. The molecule has 0 radical (unpaired) electrons. The molecule has 90 valence electrons. The van der Waals surface area contributed by atoms with Gasteiger partial charge in [-0.1, -0.05) is 0 Å². The van der Waals surface area contributed by atoms with Crippen molar-refractivity contribution >= 4 is 32.4 Å². The zero-order valence-electron chi connectivity index (χ0n) is 7.32. The van der Waals surface area contributed by atoms with E-state index in [9.17, 15) is 21.6 Å². The van der Waals surface area contributed by atoms with E-state index in [1.807, 2.05) is 0 Å². The average molecular weight is 293 g/mol. The maximum atomic E-state index is 11.8. The van der Waals surface area contributed by atoms with E-state index < -0.39 is 26.1 Å². The summed E-state index contributed by atoms with van der Waals surface area (Å²) in [7, 11) is 0.830. The Balaban J connectivity index is 3.19. The predicted octanol–water partition coefficient (Wildman–Crippen LogP) is 2.80.